The Morgan fingerprint density at radius 3 is 2.11 bits per heavy atom. The fourth-order valence-corrected chi connectivity index (χ4v) is 8.16. The number of benzene rings is 2. The van der Waals surface area contributed by atoms with Crippen LogP contribution >= 0.6 is 0 Å². The summed E-state index contributed by atoms with van der Waals surface area (Å²) in [7, 11) is 0. The van der Waals surface area contributed by atoms with Crippen molar-refractivity contribution in [2.24, 2.45) is 4.99 Å². The molecule has 2 atom stereocenters. The third-order valence-corrected chi connectivity index (χ3v) is 10.3. The average Bonchev–Trinajstić information content (AvgIpc) is 3.34. The molecule has 3 heteroatoms. The van der Waals surface area contributed by atoms with Crippen LogP contribution in [-0.4, -0.2) is 26.7 Å². The quantitative estimate of drug-likeness (QED) is 0.241. The zero-order valence-corrected chi connectivity index (χ0v) is 23.8. The van der Waals surface area contributed by atoms with Crippen LogP contribution in [0.1, 0.15) is 75.3 Å². The molecule has 1 heterocycles. The second-order valence-electron chi connectivity index (χ2n) is 9.79. The topological polar surface area (TPSA) is 12.4 Å². The molecule has 0 saturated heterocycles. The van der Waals surface area contributed by atoms with Gasteiger partial charge in [0.1, 0.15) is 0 Å². The van der Waals surface area contributed by atoms with Crippen LogP contribution in [0.25, 0.3) is 5.57 Å². The van der Waals surface area contributed by atoms with E-state index >= 15 is 0 Å². The summed E-state index contributed by atoms with van der Waals surface area (Å²) in [6.07, 6.45) is 26.0. The zero-order chi connectivity index (χ0) is 23.7. The van der Waals surface area contributed by atoms with Crippen molar-refractivity contribution in [2.45, 2.75) is 75.1 Å². The Hall–Kier alpha value is -1.92. The number of hydrogen-bond acceptors (Lipinski definition) is 1. The van der Waals surface area contributed by atoms with Crippen LogP contribution in [0, 0.1) is 0 Å². The zero-order valence-electron chi connectivity index (χ0n) is 21.1. The smallest absolute Gasteiger partial charge is 0 e. The molecule has 2 aromatic rings. The maximum absolute atomic E-state index is 5.40. The van der Waals surface area contributed by atoms with E-state index < -0.39 is 0 Å². The second kappa shape index (κ2) is 14.1. The van der Waals surface area contributed by atoms with Gasteiger partial charge in [0, 0.05) is 16.5 Å². The molecule has 0 saturated carbocycles. The Kier molecular flexibility index (Phi) is 10.7. The molecule has 0 bridgehead atoms. The predicted octanol–water partition coefficient (Wildman–Crippen LogP) is 8.02. The van der Waals surface area contributed by atoms with Gasteiger partial charge in [0.25, 0.3) is 0 Å². The van der Waals surface area contributed by atoms with Gasteiger partial charge >= 0.3 is 212 Å². The van der Waals surface area contributed by atoms with Crippen molar-refractivity contribution in [1.82, 2.24) is 0 Å². The van der Waals surface area contributed by atoms with Crippen molar-refractivity contribution in [1.29, 1.82) is 0 Å². The Balaban J connectivity index is 0.00000304. The van der Waals surface area contributed by atoms with Gasteiger partial charge in [0.05, 0.1) is 0 Å². The summed E-state index contributed by atoms with van der Waals surface area (Å²) >= 11 is 0.405. The van der Waals surface area contributed by atoms with Crippen LogP contribution in [0.3, 0.4) is 0 Å². The molecule has 0 N–H and O–H groups in total. The first-order chi connectivity index (χ1) is 17.4. The van der Waals surface area contributed by atoms with Crippen molar-refractivity contribution < 1.29 is 16.5 Å². The third-order valence-electron chi connectivity index (χ3n) is 7.29. The van der Waals surface area contributed by atoms with E-state index in [0.717, 1.165) is 32.1 Å². The SMILES string of the molecule is C1=CCCC(c2ccc(C3=NC(C([Se]c4ccccc4)C4=CCCC=CCC4)CC3)cc2)=CCC1.[Ni]. The number of rotatable bonds is 6. The number of hydrogen-bond donors (Lipinski definition) is 0. The van der Waals surface area contributed by atoms with Crippen molar-refractivity contribution in [3.63, 3.8) is 0 Å². The summed E-state index contributed by atoms with van der Waals surface area (Å²) in [5, 5.41) is 0. The van der Waals surface area contributed by atoms with Crippen LogP contribution in [0.5, 0.6) is 0 Å². The second-order valence-corrected chi connectivity index (χ2v) is 12.3. The standard InChI is InChI=1S/C33H37NSe.Ni/c1-3-8-14-26(15-9-4-1)27-20-22-28(23-21-27)31-24-25-32(34-31)33(35-30-18-12-7-13-19-30)29-16-10-5-2-6-11-17-29;/h1-3,5,7,12-13,15,17-23,32-33H,4,6,8-11,14,16,24-25H2;. The summed E-state index contributed by atoms with van der Waals surface area (Å²) in [4.78, 5) is 5.97. The predicted molar refractivity (Wildman–Crippen MR) is 153 cm³/mol. The molecule has 2 unspecified atom stereocenters. The fourth-order valence-electron chi connectivity index (χ4n) is 5.38. The van der Waals surface area contributed by atoms with Crippen LogP contribution in [0.2, 0.25) is 4.82 Å². The van der Waals surface area contributed by atoms with Crippen molar-refractivity contribution in [3.8, 4) is 0 Å². The van der Waals surface area contributed by atoms with Crippen molar-refractivity contribution in [2.75, 3.05) is 0 Å². The molecule has 1 nitrogen and oxygen atoms in total. The number of aliphatic imine (C=N–C) groups is 1. The maximum atomic E-state index is 5.40. The molecule has 1 aliphatic heterocycles. The van der Waals surface area contributed by atoms with E-state index in [1.807, 2.05) is 0 Å². The van der Waals surface area contributed by atoms with Crippen LogP contribution < -0.4 is 4.46 Å². The van der Waals surface area contributed by atoms with Crippen LogP contribution in [0.4, 0.5) is 0 Å². The van der Waals surface area contributed by atoms with Gasteiger partial charge in [0.15, 0.2) is 0 Å². The van der Waals surface area contributed by atoms with E-state index in [9.17, 15) is 0 Å². The molecule has 0 amide bonds. The van der Waals surface area contributed by atoms with Gasteiger partial charge < -0.3 is 0 Å². The van der Waals surface area contributed by atoms with Gasteiger partial charge in [-0.05, 0) is 0 Å². The summed E-state index contributed by atoms with van der Waals surface area (Å²) < 4.78 is 1.50. The van der Waals surface area contributed by atoms with E-state index in [4.69, 9.17) is 4.99 Å². The molecule has 0 fully saturated rings. The summed E-state index contributed by atoms with van der Waals surface area (Å²) in [5.41, 5.74) is 7.19. The molecule has 5 rings (SSSR count). The molecule has 2 aliphatic carbocycles. The minimum Gasteiger partial charge on any atom is 0 e. The van der Waals surface area contributed by atoms with Crippen LogP contribution in [0.15, 0.2) is 102 Å². The molecule has 3 aliphatic rings. The molecule has 0 radical (unpaired) electrons. The molecular weight excluding hydrogens is 548 g/mol. The fraction of sp³-hybridized carbons (Fsp3) is 0.364. The Morgan fingerprint density at radius 1 is 0.667 bits per heavy atom. The van der Waals surface area contributed by atoms with Gasteiger partial charge in [0.2, 0.25) is 0 Å². The van der Waals surface area contributed by atoms with Crippen molar-refractivity contribution in [3.05, 3.63) is 108 Å². The normalized spacial score (nSPS) is 21.1. The Labute approximate surface area is 234 Å². The Bertz CT molecular complexity index is 1120. The first kappa shape index (κ1) is 27.1. The van der Waals surface area contributed by atoms with E-state index in [-0.39, 0.29) is 16.5 Å². The Morgan fingerprint density at radius 2 is 1.33 bits per heavy atom. The first-order valence-electron chi connectivity index (χ1n) is 13.4. The number of nitrogens with zero attached hydrogens (tertiary/aromatic N) is 1. The average molecular weight is 585 g/mol. The summed E-state index contributed by atoms with van der Waals surface area (Å²) in [6, 6.07) is 20.9. The number of allylic oxidation sites excluding steroid dienone is 7. The molecular formula is C33H37NNiSe. The summed E-state index contributed by atoms with van der Waals surface area (Å²) in [6.45, 7) is 0. The molecule has 190 valence electrons. The minimum atomic E-state index is 0. The van der Waals surface area contributed by atoms with Gasteiger partial charge in [-0.3, -0.25) is 0 Å². The van der Waals surface area contributed by atoms with Crippen LogP contribution in [-0.2, 0) is 16.5 Å². The third kappa shape index (κ3) is 7.32. The monoisotopic (exact) mass is 585 g/mol. The molecule has 0 aromatic heterocycles. The summed E-state index contributed by atoms with van der Waals surface area (Å²) in [5.74, 6) is 0. The first-order valence-corrected chi connectivity index (χ1v) is 15.3. The van der Waals surface area contributed by atoms with Crippen molar-refractivity contribution >= 4 is 30.7 Å². The molecule has 36 heavy (non-hydrogen) atoms. The van der Waals surface area contributed by atoms with Gasteiger partial charge in [-0.2, -0.15) is 0 Å². The van der Waals surface area contributed by atoms with Gasteiger partial charge in [-0.1, -0.05) is 6.08 Å². The van der Waals surface area contributed by atoms with E-state index in [2.05, 4.69) is 91.1 Å². The van der Waals surface area contributed by atoms with Gasteiger partial charge in [-0.15, -0.1) is 0 Å². The minimum absolute atomic E-state index is 0. The van der Waals surface area contributed by atoms with Gasteiger partial charge in [-0.25, -0.2) is 0 Å². The molecule has 0 spiro atoms. The van der Waals surface area contributed by atoms with E-state index in [1.165, 1.54) is 59.0 Å². The van der Waals surface area contributed by atoms with E-state index in [0.29, 0.717) is 25.8 Å². The van der Waals surface area contributed by atoms with E-state index in [1.54, 1.807) is 5.57 Å². The molecule has 2 aromatic carbocycles.